The van der Waals surface area contributed by atoms with Gasteiger partial charge >= 0.3 is 0 Å². The van der Waals surface area contributed by atoms with Gasteiger partial charge in [-0.3, -0.25) is 0 Å². The summed E-state index contributed by atoms with van der Waals surface area (Å²) in [5.74, 6) is 0. The Morgan fingerprint density at radius 1 is 0.339 bits per heavy atom. The van der Waals surface area contributed by atoms with E-state index >= 15 is 0 Å². The standard InChI is InChI=1S/C58H43N/c1-57(2)50-33-17-15-30-47(50)49-32-20-36-54(56(49)57)59(53-35-19-31-45(40-21-7-3-8-22-40)55(53)41-23-9-4-10-24-41)44-37-38-48-46-29-16-18-34-51(46)58(52(48)39-44,42-25-11-5-12-26-42)43-27-13-6-14-28-43/h3-39H,1-2H3. The number of rotatable bonds is 7. The van der Waals surface area contributed by atoms with Crippen LogP contribution in [0.3, 0.4) is 0 Å². The second-order valence-electron chi connectivity index (χ2n) is 16.4. The predicted molar refractivity (Wildman–Crippen MR) is 247 cm³/mol. The minimum Gasteiger partial charge on any atom is -0.310 e. The fraction of sp³-hybridized carbons (Fsp3) is 0.0690. The van der Waals surface area contributed by atoms with Gasteiger partial charge in [0, 0.05) is 16.7 Å². The molecule has 9 aromatic rings. The second kappa shape index (κ2) is 13.7. The van der Waals surface area contributed by atoms with Crippen molar-refractivity contribution >= 4 is 17.1 Å². The molecule has 2 aliphatic rings. The molecule has 1 heteroatoms. The first-order chi connectivity index (χ1) is 29.1. The zero-order chi connectivity index (χ0) is 39.6. The summed E-state index contributed by atoms with van der Waals surface area (Å²) in [4.78, 5) is 2.57. The molecule has 0 amide bonds. The number of nitrogens with zero attached hydrogens (tertiary/aromatic N) is 1. The number of hydrogen-bond donors (Lipinski definition) is 0. The van der Waals surface area contributed by atoms with Crippen molar-refractivity contribution in [2.24, 2.45) is 0 Å². The van der Waals surface area contributed by atoms with Crippen LogP contribution in [0.5, 0.6) is 0 Å². The highest BCUT2D eigenvalue weighted by atomic mass is 15.1. The van der Waals surface area contributed by atoms with Gasteiger partial charge in [0.1, 0.15) is 0 Å². The van der Waals surface area contributed by atoms with Crippen LogP contribution in [0, 0.1) is 0 Å². The van der Waals surface area contributed by atoms with Crippen LogP contribution >= 0.6 is 0 Å². The zero-order valence-corrected chi connectivity index (χ0v) is 33.3. The van der Waals surface area contributed by atoms with E-state index in [2.05, 4.69) is 243 Å². The summed E-state index contributed by atoms with van der Waals surface area (Å²) in [5.41, 5.74) is 20.4. The molecule has 0 aromatic heterocycles. The molecule has 0 atom stereocenters. The van der Waals surface area contributed by atoms with Gasteiger partial charge in [-0.2, -0.15) is 0 Å². The Balaban J connectivity index is 1.26. The third-order valence-electron chi connectivity index (χ3n) is 12.9. The smallest absolute Gasteiger partial charge is 0.0714 e. The van der Waals surface area contributed by atoms with Crippen molar-refractivity contribution in [2.75, 3.05) is 4.90 Å². The Labute approximate surface area is 347 Å². The van der Waals surface area contributed by atoms with Crippen molar-refractivity contribution in [3.05, 3.63) is 258 Å². The molecular weight excluding hydrogens is 711 g/mol. The van der Waals surface area contributed by atoms with E-state index in [1.165, 1.54) is 83.6 Å². The Bertz CT molecular complexity index is 2960. The molecule has 0 aliphatic heterocycles. The molecule has 9 aromatic carbocycles. The van der Waals surface area contributed by atoms with Gasteiger partial charge in [-0.25, -0.2) is 0 Å². The van der Waals surface area contributed by atoms with Crippen LogP contribution < -0.4 is 4.90 Å². The fourth-order valence-corrected chi connectivity index (χ4v) is 10.5. The molecule has 59 heavy (non-hydrogen) atoms. The van der Waals surface area contributed by atoms with Crippen LogP contribution in [0.4, 0.5) is 17.1 Å². The summed E-state index contributed by atoms with van der Waals surface area (Å²) >= 11 is 0. The van der Waals surface area contributed by atoms with Gasteiger partial charge in [0.05, 0.1) is 16.8 Å². The van der Waals surface area contributed by atoms with Gasteiger partial charge in [-0.1, -0.05) is 214 Å². The largest absolute Gasteiger partial charge is 0.310 e. The summed E-state index contributed by atoms with van der Waals surface area (Å²) in [5, 5.41) is 0. The van der Waals surface area contributed by atoms with E-state index in [0.717, 1.165) is 11.4 Å². The molecule has 0 saturated heterocycles. The van der Waals surface area contributed by atoms with Crippen molar-refractivity contribution < 1.29 is 0 Å². The lowest BCUT2D eigenvalue weighted by Crippen LogP contribution is -2.29. The predicted octanol–water partition coefficient (Wildman–Crippen LogP) is 15.2. The van der Waals surface area contributed by atoms with Crippen LogP contribution in [-0.4, -0.2) is 0 Å². The molecule has 1 nitrogen and oxygen atoms in total. The number of hydrogen-bond acceptors (Lipinski definition) is 1. The summed E-state index contributed by atoms with van der Waals surface area (Å²) in [7, 11) is 0. The molecule has 0 unspecified atom stereocenters. The Morgan fingerprint density at radius 3 is 1.46 bits per heavy atom. The van der Waals surface area contributed by atoms with E-state index in [0.29, 0.717) is 0 Å². The maximum absolute atomic E-state index is 2.57. The minimum absolute atomic E-state index is 0.241. The van der Waals surface area contributed by atoms with E-state index in [9.17, 15) is 0 Å². The SMILES string of the molecule is CC1(C)c2ccccc2-c2cccc(N(c3ccc4c(c3)C(c3ccccc3)(c3ccccc3)c3ccccc3-4)c3cccc(-c4ccccc4)c3-c3ccccc3)c21. The van der Waals surface area contributed by atoms with Crippen molar-refractivity contribution in [2.45, 2.75) is 24.7 Å². The van der Waals surface area contributed by atoms with Crippen LogP contribution in [0.1, 0.15) is 47.2 Å². The molecular formula is C58H43N. The Hall–Kier alpha value is -7.22. The lowest BCUT2D eigenvalue weighted by atomic mass is 9.67. The molecule has 0 N–H and O–H groups in total. The van der Waals surface area contributed by atoms with Gasteiger partial charge in [-0.05, 0) is 96.6 Å². The van der Waals surface area contributed by atoms with Gasteiger partial charge < -0.3 is 4.90 Å². The highest BCUT2D eigenvalue weighted by Crippen LogP contribution is 2.59. The van der Waals surface area contributed by atoms with Gasteiger partial charge in [0.25, 0.3) is 0 Å². The first kappa shape index (κ1) is 35.0. The molecule has 0 saturated carbocycles. The van der Waals surface area contributed by atoms with Crippen molar-refractivity contribution in [1.82, 2.24) is 0 Å². The van der Waals surface area contributed by atoms with Crippen molar-refractivity contribution in [3.63, 3.8) is 0 Å². The van der Waals surface area contributed by atoms with E-state index < -0.39 is 5.41 Å². The number of fused-ring (bicyclic) bond motifs is 6. The van der Waals surface area contributed by atoms with Crippen molar-refractivity contribution in [3.8, 4) is 44.5 Å². The quantitative estimate of drug-likeness (QED) is 0.157. The number of benzene rings is 9. The highest BCUT2D eigenvalue weighted by molar-refractivity contribution is 6.00. The highest BCUT2D eigenvalue weighted by Gasteiger charge is 2.47. The minimum atomic E-state index is -0.529. The summed E-state index contributed by atoms with van der Waals surface area (Å²) in [6, 6.07) is 83.1. The summed E-state index contributed by atoms with van der Waals surface area (Å²) in [6.45, 7) is 4.79. The maximum Gasteiger partial charge on any atom is 0.0714 e. The normalized spacial score (nSPS) is 13.9. The Kier molecular flexibility index (Phi) is 8.13. The molecule has 280 valence electrons. The maximum atomic E-state index is 2.57. The summed E-state index contributed by atoms with van der Waals surface area (Å²) < 4.78 is 0. The van der Waals surface area contributed by atoms with E-state index in [1.54, 1.807) is 0 Å². The van der Waals surface area contributed by atoms with Crippen LogP contribution in [0.15, 0.2) is 224 Å². The first-order valence-electron chi connectivity index (χ1n) is 20.7. The van der Waals surface area contributed by atoms with E-state index in [4.69, 9.17) is 0 Å². The molecule has 0 heterocycles. The second-order valence-corrected chi connectivity index (χ2v) is 16.4. The third kappa shape index (κ3) is 5.25. The number of anilines is 3. The third-order valence-corrected chi connectivity index (χ3v) is 12.9. The fourth-order valence-electron chi connectivity index (χ4n) is 10.5. The molecule has 0 spiro atoms. The average Bonchev–Trinajstić information content (AvgIpc) is 3.73. The van der Waals surface area contributed by atoms with Crippen LogP contribution in [0.25, 0.3) is 44.5 Å². The topological polar surface area (TPSA) is 3.24 Å². The zero-order valence-electron chi connectivity index (χ0n) is 33.3. The monoisotopic (exact) mass is 753 g/mol. The molecule has 2 aliphatic carbocycles. The Morgan fingerprint density at radius 2 is 0.814 bits per heavy atom. The van der Waals surface area contributed by atoms with Crippen LogP contribution in [-0.2, 0) is 10.8 Å². The summed E-state index contributed by atoms with van der Waals surface area (Å²) in [6.07, 6.45) is 0. The lowest BCUT2D eigenvalue weighted by Gasteiger charge is -2.36. The lowest BCUT2D eigenvalue weighted by molar-refractivity contribution is 0.661. The molecule has 11 rings (SSSR count). The molecule has 0 fully saturated rings. The van der Waals surface area contributed by atoms with E-state index in [-0.39, 0.29) is 5.41 Å². The van der Waals surface area contributed by atoms with Crippen LogP contribution in [0.2, 0.25) is 0 Å². The van der Waals surface area contributed by atoms with Gasteiger partial charge in [0.2, 0.25) is 0 Å². The van der Waals surface area contributed by atoms with Crippen molar-refractivity contribution in [1.29, 1.82) is 0 Å². The average molecular weight is 754 g/mol. The molecule has 0 radical (unpaired) electrons. The first-order valence-corrected chi connectivity index (χ1v) is 20.7. The molecule has 0 bridgehead atoms. The van der Waals surface area contributed by atoms with Gasteiger partial charge in [0.15, 0.2) is 0 Å². The van der Waals surface area contributed by atoms with Gasteiger partial charge in [-0.15, -0.1) is 0 Å². The van der Waals surface area contributed by atoms with E-state index in [1.807, 2.05) is 0 Å².